The highest BCUT2D eigenvalue weighted by Gasteiger charge is 2.30. The first kappa shape index (κ1) is 24.0. The van der Waals surface area contributed by atoms with Gasteiger partial charge in [0.25, 0.3) is 0 Å². The first-order chi connectivity index (χ1) is 13.6. The number of aliphatic carboxylic acids is 1. The molecule has 4 unspecified atom stereocenters. The predicted molar refractivity (Wildman–Crippen MR) is 101 cm³/mol. The smallest absolute Gasteiger partial charge is 0.322 e. The van der Waals surface area contributed by atoms with Crippen LogP contribution >= 0.6 is 0 Å². The summed E-state index contributed by atoms with van der Waals surface area (Å²) in [4.78, 5) is 47.4. The van der Waals surface area contributed by atoms with Gasteiger partial charge in [0.1, 0.15) is 24.7 Å². The van der Waals surface area contributed by atoms with Crippen LogP contribution in [0.2, 0.25) is 0 Å². The van der Waals surface area contributed by atoms with Crippen molar-refractivity contribution in [1.29, 1.82) is 0 Å². The maximum atomic E-state index is 12.7. The zero-order valence-corrected chi connectivity index (χ0v) is 15.9. The van der Waals surface area contributed by atoms with E-state index in [1.807, 2.05) is 0 Å². The Morgan fingerprint density at radius 1 is 1.03 bits per heavy atom. The van der Waals surface area contributed by atoms with Gasteiger partial charge in [-0.1, -0.05) is 30.3 Å². The Kier molecular flexibility index (Phi) is 9.72. The normalized spacial score (nSPS) is 14.8. The molecule has 4 atom stereocenters. The molecule has 0 saturated heterocycles. The minimum Gasteiger partial charge on any atom is -0.480 e. The fourth-order valence-corrected chi connectivity index (χ4v) is 2.35. The number of hydrogen-bond acceptors (Lipinski definition) is 7. The number of amides is 3. The molecule has 0 aliphatic carbocycles. The summed E-state index contributed by atoms with van der Waals surface area (Å²) in [6.07, 6.45) is -1.28. The highest BCUT2D eigenvalue weighted by molar-refractivity contribution is 5.94. The molecule has 0 heterocycles. The van der Waals surface area contributed by atoms with Crippen LogP contribution in [0.5, 0.6) is 0 Å². The first-order valence-corrected chi connectivity index (χ1v) is 8.84. The van der Waals surface area contributed by atoms with E-state index in [0.29, 0.717) is 5.56 Å². The van der Waals surface area contributed by atoms with Crippen molar-refractivity contribution < 1.29 is 34.5 Å². The summed E-state index contributed by atoms with van der Waals surface area (Å²) in [5, 5.41) is 34.3. The van der Waals surface area contributed by atoms with Gasteiger partial charge in [0.15, 0.2) is 0 Å². The lowest BCUT2D eigenvalue weighted by Crippen LogP contribution is -2.59. The molecule has 1 aromatic carbocycles. The molecule has 1 rings (SSSR count). The van der Waals surface area contributed by atoms with Crippen LogP contribution in [-0.2, 0) is 25.6 Å². The van der Waals surface area contributed by atoms with Crippen LogP contribution in [0.1, 0.15) is 12.5 Å². The predicted octanol–water partition coefficient (Wildman–Crippen LogP) is -2.90. The fourth-order valence-electron chi connectivity index (χ4n) is 2.35. The Bertz CT molecular complexity index is 711. The topological polar surface area (TPSA) is 191 Å². The second-order valence-corrected chi connectivity index (χ2v) is 6.38. The fraction of sp³-hybridized carbons (Fsp3) is 0.444. The van der Waals surface area contributed by atoms with Crippen molar-refractivity contribution in [3.05, 3.63) is 35.9 Å². The zero-order chi connectivity index (χ0) is 22.0. The van der Waals surface area contributed by atoms with Crippen LogP contribution in [0.3, 0.4) is 0 Å². The molecule has 1 aromatic rings. The van der Waals surface area contributed by atoms with E-state index in [0.717, 1.165) is 0 Å². The molecule has 160 valence electrons. The number of rotatable bonds is 11. The molecule has 0 aliphatic heterocycles. The average molecular weight is 410 g/mol. The van der Waals surface area contributed by atoms with E-state index in [-0.39, 0.29) is 6.42 Å². The standard InChI is InChI=1S/C18H26N4O7/c1-10(24)15(18(29)20-8-14(25)26)22-17(28)13(21-16(27)12(19)9-23)7-11-5-3-2-4-6-11/h2-6,10,12-13,15,23-24H,7-9,19H2,1H3,(H,20,29)(H,21,27)(H,22,28)(H,25,26). The summed E-state index contributed by atoms with van der Waals surface area (Å²) in [5.41, 5.74) is 6.17. The lowest BCUT2D eigenvalue weighted by atomic mass is 10.0. The van der Waals surface area contributed by atoms with Gasteiger partial charge in [0.05, 0.1) is 12.7 Å². The summed E-state index contributed by atoms with van der Waals surface area (Å²) < 4.78 is 0. The molecular weight excluding hydrogens is 384 g/mol. The molecule has 0 bridgehead atoms. The molecule has 0 aliphatic rings. The summed E-state index contributed by atoms with van der Waals surface area (Å²) >= 11 is 0. The summed E-state index contributed by atoms with van der Waals surface area (Å²) in [6, 6.07) is 4.86. The second-order valence-electron chi connectivity index (χ2n) is 6.38. The van der Waals surface area contributed by atoms with Crippen LogP contribution in [0.15, 0.2) is 30.3 Å². The number of aliphatic hydroxyl groups excluding tert-OH is 2. The Morgan fingerprint density at radius 3 is 2.17 bits per heavy atom. The number of carboxylic acid groups (broad SMARTS) is 1. The Balaban J connectivity index is 2.96. The third-order valence-corrected chi connectivity index (χ3v) is 3.93. The first-order valence-electron chi connectivity index (χ1n) is 8.84. The zero-order valence-electron chi connectivity index (χ0n) is 15.9. The summed E-state index contributed by atoms with van der Waals surface area (Å²) in [7, 11) is 0. The van der Waals surface area contributed by atoms with Gasteiger partial charge in [-0.15, -0.1) is 0 Å². The minimum absolute atomic E-state index is 0.0554. The second kappa shape index (κ2) is 11.7. The van der Waals surface area contributed by atoms with E-state index in [1.165, 1.54) is 6.92 Å². The average Bonchev–Trinajstić information content (AvgIpc) is 2.69. The molecule has 11 nitrogen and oxygen atoms in total. The van der Waals surface area contributed by atoms with Crippen molar-refractivity contribution >= 4 is 23.7 Å². The van der Waals surface area contributed by atoms with Crippen LogP contribution in [0.4, 0.5) is 0 Å². The number of hydrogen-bond donors (Lipinski definition) is 7. The van der Waals surface area contributed by atoms with Crippen molar-refractivity contribution in [3.8, 4) is 0 Å². The minimum atomic E-state index is -1.44. The van der Waals surface area contributed by atoms with Gasteiger partial charge in [-0.3, -0.25) is 19.2 Å². The third-order valence-electron chi connectivity index (χ3n) is 3.93. The number of nitrogens with two attached hydrogens (primary N) is 1. The molecular formula is C18H26N4O7. The van der Waals surface area contributed by atoms with E-state index in [9.17, 15) is 24.3 Å². The van der Waals surface area contributed by atoms with E-state index in [2.05, 4.69) is 16.0 Å². The lowest BCUT2D eigenvalue weighted by molar-refractivity contribution is -0.139. The van der Waals surface area contributed by atoms with Crippen molar-refractivity contribution in [1.82, 2.24) is 16.0 Å². The van der Waals surface area contributed by atoms with Crippen molar-refractivity contribution in [2.75, 3.05) is 13.2 Å². The van der Waals surface area contributed by atoms with E-state index >= 15 is 0 Å². The quantitative estimate of drug-likeness (QED) is 0.202. The highest BCUT2D eigenvalue weighted by atomic mass is 16.4. The Morgan fingerprint density at radius 2 is 1.66 bits per heavy atom. The van der Waals surface area contributed by atoms with Crippen LogP contribution < -0.4 is 21.7 Å². The largest absolute Gasteiger partial charge is 0.480 e. The van der Waals surface area contributed by atoms with E-state index < -0.39 is 61.1 Å². The molecule has 0 radical (unpaired) electrons. The monoisotopic (exact) mass is 410 g/mol. The number of carbonyl (C=O) groups excluding carboxylic acids is 3. The van der Waals surface area contributed by atoms with Crippen molar-refractivity contribution in [3.63, 3.8) is 0 Å². The Hall–Kier alpha value is -3.02. The number of benzene rings is 1. The van der Waals surface area contributed by atoms with Crippen LogP contribution in [0, 0.1) is 0 Å². The molecule has 29 heavy (non-hydrogen) atoms. The van der Waals surface area contributed by atoms with Gasteiger partial charge >= 0.3 is 5.97 Å². The molecule has 0 aromatic heterocycles. The maximum Gasteiger partial charge on any atom is 0.322 e. The highest BCUT2D eigenvalue weighted by Crippen LogP contribution is 2.05. The number of carboxylic acids is 1. The molecule has 0 saturated carbocycles. The van der Waals surface area contributed by atoms with Gasteiger partial charge in [-0.25, -0.2) is 0 Å². The van der Waals surface area contributed by atoms with Crippen LogP contribution in [0.25, 0.3) is 0 Å². The lowest BCUT2D eigenvalue weighted by Gasteiger charge is -2.25. The molecule has 8 N–H and O–H groups in total. The molecule has 11 heteroatoms. The van der Waals surface area contributed by atoms with Gasteiger partial charge in [-0.2, -0.15) is 0 Å². The number of aliphatic hydroxyl groups is 2. The van der Waals surface area contributed by atoms with E-state index in [1.54, 1.807) is 30.3 Å². The SMILES string of the molecule is CC(O)C(NC(=O)C(Cc1ccccc1)NC(=O)C(N)CO)C(=O)NCC(=O)O. The molecule has 3 amide bonds. The van der Waals surface area contributed by atoms with Crippen molar-refractivity contribution in [2.24, 2.45) is 5.73 Å². The summed E-state index contributed by atoms with van der Waals surface area (Å²) in [5.74, 6) is -3.75. The van der Waals surface area contributed by atoms with E-state index in [4.69, 9.17) is 15.9 Å². The van der Waals surface area contributed by atoms with Gasteiger partial charge < -0.3 is 37.0 Å². The number of carbonyl (C=O) groups is 4. The Labute approximate surface area is 167 Å². The van der Waals surface area contributed by atoms with Gasteiger partial charge in [0.2, 0.25) is 17.7 Å². The number of nitrogens with one attached hydrogen (secondary N) is 3. The molecule has 0 fully saturated rings. The molecule has 0 spiro atoms. The maximum absolute atomic E-state index is 12.7. The summed E-state index contributed by atoms with van der Waals surface area (Å²) in [6.45, 7) is -0.0649. The van der Waals surface area contributed by atoms with Gasteiger partial charge in [-0.05, 0) is 12.5 Å². The van der Waals surface area contributed by atoms with Crippen molar-refractivity contribution in [2.45, 2.75) is 37.6 Å². The third kappa shape index (κ3) is 8.25. The van der Waals surface area contributed by atoms with Gasteiger partial charge in [0, 0.05) is 6.42 Å². The van der Waals surface area contributed by atoms with Crippen LogP contribution in [-0.4, -0.2) is 76.4 Å².